The molecule has 0 N–H and O–H groups in total. The summed E-state index contributed by atoms with van der Waals surface area (Å²) in [5, 5.41) is 10.6. The van der Waals surface area contributed by atoms with Crippen LogP contribution in [0.5, 0.6) is 0 Å². The first-order chi connectivity index (χ1) is 10.1. The summed E-state index contributed by atoms with van der Waals surface area (Å²) in [6, 6.07) is 6.91. The monoisotopic (exact) mass is 308 g/mol. The summed E-state index contributed by atoms with van der Waals surface area (Å²) in [6.45, 7) is 0. The van der Waals surface area contributed by atoms with E-state index in [-0.39, 0.29) is 11.6 Å². The summed E-state index contributed by atoms with van der Waals surface area (Å²) in [5.41, 5.74) is 1.10. The van der Waals surface area contributed by atoms with Crippen LogP contribution in [0.25, 0.3) is 0 Å². The van der Waals surface area contributed by atoms with E-state index in [2.05, 4.69) is 0 Å². The van der Waals surface area contributed by atoms with Gasteiger partial charge in [0.25, 0.3) is 5.69 Å². The molecule has 1 saturated carbocycles. The number of carbonyl (C=O) groups is 1. The highest BCUT2D eigenvalue weighted by atomic mass is 32.2. The Balaban J connectivity index is 1.75. The molecule has 2 rings (SSSR count). The zero-order valence-electron chi connectivity index (χ0n) is 12.2. The minimum absolute atomic E-state index is 0.0980. The Morgan fingerprint density at radius 3 is 2.52 bits per heavy atom. The number of benzene rings is 1. The van der Waals surface area contributed by atoms with Crippen molar-refractivity contribution in [2.75, 3.05) is 12.8 Å². The van der Waals surface area contributed by atoms with Crippen LogP contribution in [0.4, 0.5) is 5.69 Å². The van der Waals surface area contributed by atoms with Gasteiger partial charge < -0.3 is 4.90 Å². The van der Waals surface area contributed by atoms with E-state index in [0.29, 0.717) is 17.5 Å². The van der Waals surface area contributed by atoms with Crippen LogP contribution in [0.2, 0.25) is 0 Å². The molecule has 0 saturated heterocycles. The molecule has 1 fully saturated rings. The molecular weight excluding hydrogens is 288 g/mol. The topological polar surface area (TPSA) is 63.5 Å². The SMILES string of the molecule is CN(C(=O)CSCc1ccc([N+](=O)[O-])cc1)C1CCCC1. The number of rotatable bonds is 6. The summed E-state index contributed by atoms with van der Waals surface area (Å²) in [6.07, 6.45) is 4.68. The molecule has 6 heteroatoms. The van der Waals surface area contributed by atoms with E-state index in [1.165, 1.54) is 25.0 Å². The lowest BCUT2D eigenvalue weighted by molar-refractivity contribution is -0.384. The van der Waals surface area contributed by atoms with Gasteiger partial charge in [0, 0.05) is 31.0 Å². The minimum Gasteiger partial charge on any atom is -0.342 e. The van der Waals surface area contributed by atoms with Gasteiger partial charge in [-0.2, -0.15) is 0 Å². The number of thioether (sulfide) groups is 1. The molecule has 1 aromatic carbocycles. The van der Waals surface area contributed by atoms with E-state index in [4.69, 9.17) is 0 Å². The third-order valence-corrected chi connectivity index (χ3v) is 4.90. The van der Waals surface area contributed by atoms with Crippen LogP contribution in [0.15, 0.2) is 24.3 Å². The van der Waals surface area contributed by atoms with E-state index >= 15 is 0 Å². The molecule has 1 amide bonds. The van der Waals surface area contributed by atoms with Gasteiger partial charge in [-0.25, -0.2) is 0 Å². The van der Waals surface area contributed by atoms with Crippen molar-refractivity contribution in [2.45, 2.75) is 37.5 Å². The number of hydrogen-bond acceptors (Lipinski definition) is 4. The molecule has 1 aliphatic carbocycles. The number of hydrogen-bond donors (Lipinski definition) is 0. The van der Waals surface area contributed by atoms with Gasteiger partial charge in [-0.1, -0.05) is 25.0 Å². The van der Waals surface area contributed by atoms with Gasteiger partial charge in [-0.3, -0.25) is 14.9 Å². The van der Waals surface area contributed by atoms with Crippen LogP contribution in [0, 0.1) is 10.1 Å². The quantitative estimate of drug-likeness (QED) is 0.598. The first kappa shape index (κ1) is 15.8. The molecule has 5 nitrogen and oxygen atoms in total. The van der Waals surface area contributed by atoms with Gasteiger partial charge in [0.15, 0.2) is 0 Å². The van der Waals surface area contributed by atoms with Gasteiger partial charge in [0.1, 0.15) is 0 Å². The standard InChI is InChI=1S/C15H20N2O3S/c1-16(13-4-2-3-5-13)15(18)11-21-10-12-6-8-14(9-7-12)17(19)20/h6-9,13H,2-5,10-11H2,1H3. The van der Waals surface area contributed by atoms with Crippen LogP contribution in [0.3, 0.4) is 0 Å². The molecule has 21 heavy (non-hydrogen) atoms. The molecule has 0 heterocycles. The first-order valence-electron chi connectivity index (χ1n) is 7.14. The smallest absolute Gasteiger partial charge is 0.269 e. The second-order valence-electron chi connectivity index (χ2n) is 5.36. The predicted octanol–water partition coefficient (Wildman–Crippen LogP) is 3.23. The van der Waals surface area contributed by atoms with Crippen LogP contribution in [-0.2, 0) is 10.5 Å². The number of carbonyl (C=O) groups excluding carboxylic acids is 1. The van der Waals surface area contributed by atoms with Crippen LogP contribution >= 0.6 is 11.8 Å². The molecular formula is C15H20N2O3S. The van der Waals surface area contributed by atoms with Gasteiger partial charge in [0.2, 0.25) is 5.91 Å². The average Bonchev–Trinajstić information content (AvgIpc) is 3.01. The van der Waals surface area contributed by atoms with E-state index in [1.807, 2.05) is 11.9 Å². The third kappa shape index (κ3) is 4.46. The largest absolute Gasteiger partial charge is 0.342 e. The van der Waals surface area contributed by atoms with E-state index in [1.54, 1.807) is 23.9 Å². The summed E-state index contributed by atoms with van der Waals surface area (Å²) in [4.78, 5) is 24.1. The lowest BCUT2D eigenvalue weighted by atomic mass is 10.2. The summed E-state index contributed by atoms with van der Waals surface area (Å²) >= 11 is 1.55. The van der Waals surface area contributed by atoms with E-state index in [0.717, 1.165) is 18.4 Å². The number of nitro groups is 1. The highest BCUT2D eigenvalue weighted by Gasteiger charge is 2.22. The Kier molecular flexibility index (Phi) is 5.61. The maximum Gasteiger partial charge on any atom is 0.269 e. The van der Waals surface area contributed by atoms with Crippen molar-refractivity contribution in [1.29, 1.82) is 0 Å². The molecule has 0 bridgehead atoms. The summed E-state index contributed by atoms with van der Waals surface area (Å²) in [5.74, 6) is 1.33. The first-order valence-corrected chi connectivity index (χ1v) is 8.30. The second kappa shape index (κ2) is 7.45. The normalized spacial score (nSPS) is 15.1. The molecule has 114 valence electrons. The molecule has 0 aromatic heterocycles. The Bertz CT molecular complexity index is 498. The molecule has 0 spiro atoms. The Hall–Kier alpha value is -1.56. The third-order valence-electron chi connectivity index (χ3n) is 3.91. The van der Waals surface area contributed by atoms with Crippen LogP contribution in [0.1, 0.15) is 31.2 Å². The lowest BCUT2D eigenvalue weighted by Crippen LogP contribution is -2.36. The van der Waals surface area contributed by atoms with E-state index < -0.39 is 4.92 Å². The van der Waals surface area contributed by atoms with E-state index in [9.17, 15) is 14.9 Å². The van der Waals surface area contributed by atoms with Crippen molar-refractivity contribution in [3.63, 3.8) is 0 Å². The number of nitrogens with zero attached hydrogens (tertiary/aromatic N) is 2. The van der Waals surface area contributed by atoms with Crippen molar-refractivity contribution in [3.8, 4) is 0 Å². The van der Waals surface area contributed by atoms with Gasteiger partial charge in [-0.05, 0) is 18.4 Å². The number of amides is 1. The van der Waals surface area contributed by atoms with Crippen molar-refractivity contribution in [3.05, 3.63) is 39.9 Å². The molecule has 0 aliphatic heterocycles. The Morgan fingerprint density at radius 2 is 1.95 bits per heavy atom. The fraction of sp³-hybridized carbons (Fsp3) is 0.533. The van der Waals surface area contributed by atoms with Gasteiger partial charge in [-0.15, -0.1) is 11.8 Å². The Morgan fingerprint density at radius 1 is 1.33 bits per heavy atom. The minimum atomic E-state index is -0.406. The molecule has 0 unspecified atom stereocenters. The van der Waals surface area contributed by atoms with Crippen molar-refractivity contribution < 1.29 is 9.72 Å². The van der Waals surface area contributed by atoms with Gasteiger partial charge in [0.05, 0.1) is 10.7 Å². The number of non-ortho nitro benzene ring substituents is 1. The molecule has 0 atom stereocenters. The van der Waals surface area contributed by atoms with Crippen molar-refractivity contribution in [2.24, 2.45) is 0 Å². The van der Waals surface area contributed by atoms with Gasteiger partial charge >= 0.3 is 0 Å². The predicted molar refractivity (Wildman–Crippen MR) is 84.3 cm³/mol. The zero-order chi connectivity index (χ0) is 15.2. The number of nitro benzene ring substituents is 1. The summed E-state index contributed by atoms with van der Waals surface area (Å²) < 4.78 is 0. The van der Waals surface area contributed by atoms with Crippen LogP contribution < -0.4 is 0 Å². The molecule has 1 aliphatic rings. The maximum absolute atomic E-state index is 12.1. The second-order valence-corrected chi connectivity index (χ2v) is 6.34. The summed E-state index contributed by atoms with van der Waals surface area (Å²) in [7, 11) is 1.89. The van der Waals surface area contributed by atoms with Crippen molar-refractivity contribution >= 4 is 23.4 Å². The zero-order valence-corrected chi connectivity index (χ0v) is 13.0. The van der Waals surface area contributed by atoms with Crippen molar-refractivity contribution in [1.82, 2.24) is 4.90 Å². The Labute approximate surface area is 128 Å². The maximum atomic E-state index is 12.1. The lowest BCUT2D eigenvalue weighted by Gasteiger charge is -2.24. The highest BCUT2D eigenvalue weighted by Crippen LogP contribution is 2.23. The fourth-order valence-corrected chi connectivity index (χ4v) is 3.48. The average molecular weight is 308 g/mol. The molecule has 0 radical (unpaired) electrons. The highest BCUT2D eigenvalue weighted by molar-refractivity contribution is 7.99. The van der Waals surface area contributed by atoms with Crippen LogP contribution in [-0.4, -0.2) is 34.6 Å². The molecule has 1 aromatic rings. The fourth-order valence-electron chi connectivity index (χ4n) is 2.57.